The van der Waals surface area contributed by atoms with Crippen molar-refractivity contribution in [3.63, 3.8) is 0 Å². The molecule has 1 aromatic carbocycles. The fraction of sp³-hybridized carbons (Fsp3) is 0.571. The molecule has 0 unspecified atom stereocenters. The minimum absolute atomic E-state index is 0.0308. The summed E-state index contributed by atoms with van der Waals surface area (Å²) in [5.41, 5.74) is 0.253. The molecule has 2 atom stereocenters. The number of nitro groups is 1. The first-order chi connectivity index (χ1) is 10.4. The summed E-state index contributed by atoms with van der Waals surface area (Å²) in [5, 5.41) is 16.3. The molecule has 0 amide bonds. The largest absolute Gasteiger partial charge is 0.370 e. The Morgan fingerprint density at radius 3 is 2.27 bits per heavy atom. The lowest BCUT2D eigenvalue weighted by atomic mass is 9.82. The Hall–Kier alpha value is -1.67. The van der Waals surface area contributed by atoms with Gasteiger partial charge in [-0.05, 0) is 30.7 Å². The number of nitro benzene ring substituents is 1. The van der Waals surface area contributed by atoms with Crippen molar-refractivity contribution in [1.29, 1.82) is 0 Å². The van der Waals surface area contributed by atoms with Crippen LogP contribution in [0.4, 0.5) is 11.4 Å². The summed E-state index contributed by atoms with van der Waals surface area (Å²) in [6, 6.07) is 3.76. The molecule has 1 saturated carbocycles. The van der Waals surface area contributed by atoms with Crippen LogP contribution < -0.4 is 10.0 Å². The predicted molar refractivity (Wildman–Crippen MR) is 82.1 cm³/mol. The first-order valence-corrected chi connectivity index (χ1v) is 8.97. The van der Waals surface area contributed by atoms with E-state index in [1.54, 1.807) is 0 Å². The summed E-state index contributed by atoms with van der Waals surface area (Å²) < 4.78 is 23.6. The van der Waals surface area contributed by atoms with E-state index in [0.29, 0.717) is 17.5 Å². The molecule has 0 bridgehead atoms. The van der Waals surface area contributed by atoms with E-state index in [2.05, 4.69) is 0 Å². The summed E-state index contributed by atoms with van der Waals surface area (Å²) in [4.78, 5) is 12.4. The molecule has 1 heterocycles. The van der Waals surface area contributed by atoms with Gasteiger partial charge in [0.1, 0.15) is 4.90 Å². The number of rotatable bonds is 3. The summed E-state index contributed by atoms with van der Waals surface area (Å²) >= 11 is 0. The summed E-state index contributed by atoms with van der Waals surface area (Å²) in [6.45, 7) is 1.49. The third-order valence-corrected chi connectivity index (χ3v) is 5.74. The number of primary sulfonamides is 1. The van der Waals surface area contributed by atoms with Gasteiger partial charge in [0.15, 0.2) is 0 Å². The monoisotopic (exact) mass is 325 g/mol. The number of anilines is 1. The Labute approximate surface area is 129 Å². The second-order valence-electron chi connectivity index (χ2n) is 6.16. The number of hydrogen-bond acceptors (Lipinski definition) is 5. The van der Waals surface area contributed by atoms with Crippen LogP contribution in [0.15, 0.2) is 23.1 Å². The molecule has 2 fully saturated rings. The maximum absolute atomic E-state index is 11.8. The lowest BCUT2D eigenvalue weighted by Crippen LogP contribution is -2.24. The number of nitrogens with two attached hydrogens (primary N) is 1. The predicted octanol–water partition coefficient (Wildman–Crippen LogP) is 1.87. The normalized spacial score (nSPS) is 25.0. The Kier molecular flexibility index (Phi) is 3.82. The highest BCUT2D eigenvalue weighted by atomic mass is 32.2. The van der Waals surface area contributed by atoms with Crippen molar-refractivity contribution in [2.75, 3.05) is 18.0 Å². The first-order valence-electron chi connectivity index (χ1n) is 7.42. The van der Waals surface area contributed by atoms with E-state index in [4.69, 9.17) is 5.14 Å². The minimum Gasteiger partial charge on any atom is -0.370 e. The van der Waals surface area contributed by atoms with E-state index in [-0.39, 0.29) is 10.6 Å². The molecule has 120 valence electrons. The number of hydrogen-bond donors (Lipinski definition) is 1. The summed E-state index contributed by atoms with van der Waals surface area (Å²) in [7, 11) is -3.91. The Morgan fingerprint density at radius 1 is 1.18 bits per heavy atom. The van der Waals surface area contributed by atoms with E-state index in [0.717, 1.165) is 25.9 Å². The molecular formula is C14H19N3O4S. The molecular weight excluding hydrogens is 306 g/mol. The maximum Gasteiger partial charge on any atom is 0.271 e. The average molecular weight is 325 g/mol. The van der Waals surface area contributed by atoms with E-state index in [9.17, 15) is 18.5 Å². The van der Waals surface area contributed by atoms with Gasteiger partial charge < -0.3 is 4.90 Å². The fourth-order valence-electron chi connectivity index (χ4n) is 3.71. The molecule has 7 nitrogen and oxygen atoms in total. The molecule has 0 radical (unpaired) electrons. The van der Waals surface area contributed by atoms with E-state index in [1.165, 1.54) is 31.0 Å². The van der Waals surface area contributed by atoms with Crippen LogP contribution in [0.1, 0.15) is 25.7 Å². The van der Waals surface area contributed by atoms with Gasteiger partial charge in [-0.1, -0.05) is 12.8 Å². The SMILES string of the molecule is NS(=O)(=O)c1ccc([N+](=O)[O-])cc1N1C[C@@H]2CCCC[C@H]2C1. The van der Waals surface area contributed by atoms with Crippen LogP contribution in [-0.4, -0.2) is 26.4 Å². The van der Waals surface area contributed by atoms with Gasteiger partial charge in [0, 0.05) is 25.2 Å². The molecule has 2 N–H and O–H groups in total. The second-order valence-corrected chi connectivity index (χ2v) is 7.69. The Balaban J connectivity index is 2.00. The second kappa shape index (κ2) is 5.51. The lowest BCUT2D eigenvalue weighted by Gasteiger charge is -2.22. The molecule has 1 aliphatic carbocycles. The Morgan fingerprint density at radius 2 is 1.77 bits per heavy atom. The van der Waals surface area contributed by atoms with Crippen molar-refractivity contribution in [2.24, 2.45) is 17.0 Å². The van der Waals surface area contributed by atoms with Crippen molar-refractivity contribution in [2.45, 2.75) is 30.6 Å². The molecule has 8 heteroatoms. The number of nitrogens with zero attached hydrogens (tertiary/aromatic N) is 2. The highest BCUT2D eigenvalue weighted by Gasteiger charge is 2.36. The van der Waals surface area contributed by atoms with Crippen molar-refractivity contribution in [3.05, 3.63) is 28.3 Å². The van der Waals surface area contributed by atoms with Gasteiger partial charge in [0.2, 0.25) is 10.0 Å². The highest BCUT2D eigenvalue weighted by molar-refractivity contribution is 7.89. The average Bonchev–Trinajstić information content (AvgIpc) is 2.89. The van der Waals surface area contributed by atoms with Crippen molar-refractivity contribution in [1.82, 2.24) is 0 Å². The van der Waals surface area contributed by atoms with Gasteiger partial charge in [0.05, 0.1) is 10.6 Å². The van der Waals surface area contributed by atoms with Crippen molar-refractivity contribution in [3.8, 4) is 0 Å². The van der Waals surface area contributed by atoms with Crippen LogP contribution >= 0.6 is 0 Å². The zero-order valence-electron chi connectivity index (χ0n) is 12.1. The van der Waals surface area contributed by atoms with Gasteiger partial charge >= 0.3 is 0 Å². The van der Waals surface area contributed by atoms with Gasteiger partial charge in [-0.3, -0.25) is 10.1 Å². The smallest absolute Gasteiger partial charge is 0.271 e. The number of fused-ring (bicyclic) bond motifs is 1. The lowest BCUT2D eigenvalue weighted by molar-refractivity contribution is -0.384. The van der Waals surface area contributed by atoms with Crippen LogP contribution in [0.5, 0.6) is 0 Å². The number of benzene rings is 1. The van der Waals surface area contributed by atoms with Gasteiger partial charge in [-0.2, -0.15) is 0 Å². The quantitative estimate of drug-likeness (QED) is 0.674. The fourth-order valence-corrected chi connectivity index (χ4v) is 4.45. The van der Waals surface area contributed by atoms with Crippen molar-refractivity contribution >= 4 is 21.4 Å². The Bertz CT molecular complexity index is 690. The van der Waals surface area contributed by atoms with Gasteiger partial charge in [0.25, 0.3) is 5.69 Å². The van der Waals surface area contributed by atoms with Crippen molar-refractivity contribution < 1.29 is 13.3 Å². The van der Waals surface area contributed by atoms with Crippen LogP contribution in [0.25, 0.3) is 0 Å². The standard InChI is InChI=1S/C14H19N3O4S/c15-22(20,21)14-6-5-12(17(18)19)7-13(14)16-8-10-3-1-2-4-11(10)9-16/h5-7,10-11H,1-4,8-9H2,(H2,15,20,21)/t10-,11-/m0/s1. The third-order valence-electron chi connectivity index (χ3n) is 4.78. The molecule has 1 saturated heterocycles. The van der Waals surface area contributed by atoms with Gasteiger partial charge in [-0.15, -0.1) is 0 Å². The molecule has 0 spiro atoms. The van der Waals surface area contributed by atoms with E-state index < -0.39 is 14.9 Å². The van der Waals surface area contributed by atoms with E-state index in [1.807, 2.05) is 4.90 Å². The number of sulfonamides is 1. The first kappa shape index (κ1) is 15.2. The number of non-ortho nitro benzene ring substituents is 1. The molecule has 0 aromatic heterocycles. The molecule has 2 aliphatic rings. The van der Waals surface area contributed by atoms with Crippen LogP contribution in [0, 0.1) is 22.0 Å². The van der Waals surface area contributed by atoms with E-state index >= 15 is 0 Å². The third kappa shape index (κ3) is 2.80. The highest BCUT2D eigenvalue weighted by Crippen LogP contribution is 2.40. The zero-order valence-corrected chi connectivity index (χ0v) is 13.0. The molecule has 22 heavy (non-hydrogen) atoms. The van der Waals surface area contributed by atoms with Gasteiger partial charge in [-0.25, -0.2) is 13.6 Å². The molecule has 1 aromatic rings. The molecule has 3 rings (SSSR count). The summed E-state index contributed by atoms with van der Waals surface area (Å²) in [6.07, 6.45) is 4.68. The minimum atomic E-state index is -3.91. The maximum atomic E-state index is 11.8. The van der Waals surface area contributed by atoms with Crippen LogP contribution in [0.3, 0.4) is 0 Å². The molecule has 1 aliphatic heterocycles. The van der Waals surface area contributed by atoms with Crippen LogP contribution in [0.2, 0.25) is 0 Å². The summed E-state index contributed by atoms with van der Waals surface area (Å²) in [5.74, 6) is 1.09. The topological polar surface area (TPSA) is 107 Å². The zero-order chi connectivity index (χ0) is 15.9. The van der Waals surface area contributed by atoms with Crippen LogP contribution in [-0.2, 0) is 10.0 Å².